The van der Waals surface area contributed by atoms with Crippen molar-refractivity contribution in [2.45, 2.75) is 38.5 Å². The topological polar surface area (TPSA) is 55.8 Å². The molecule has 1 aromatic carbocycles. The molecule has 0 bridgehead atoms. The molecule has 0 spiro atoms. The van der Waals surface area contributed by atoms with Crippen LogP contribution in [0.5, 0.6) is 5.75 Å². The molecule has 0 saturated carbocycles. The lowest BCUT2D eigenvalue weighted by Gasteiger charge is -2.26. The van der Waals surface area contributed by atoms with Crippen LogP contribution in [-0.2, 0) is 16.0 Å². The van der Waals surface area contributed by atoms with Crippen molar-refractivity contribution < 1.29 is 19.4 Å². The van der Waals surface area contributed by atoms with E-state index in [1.165, 1.54) is 11.1 Å². The highest BCUT2D eigenvalue weighted by molar-refractivity contribution is 5.71. The Bertz CT molecular complexity index is 456. The third-order valence-corrected chi connectivity index (χ3v) is 3.72. The van der Waals surface area contributed by atoms with Crippen molar-refractivity contribution >= 4 is 5.97 Å². The molecule has 1 atom stereocenters. The molecule has 0 aromatic heterocycles. The largest absolute Gasteiger partial charge is 0.482 e. The number of fused-ring (bicyclic) bond motifs is 1. The molecule has 20 heavy (non-hydrogen) atoms. The van der Waals surface area contributed by atoms with Crippen molar-refractivity contribution in [2.75, 3.05) is 19.8 Å². The number of esters is 1. The Kier molecular flexibility index (Phi) is 5.41. The zero-order valence-electron chi connectivity index (χ0n) is 11.9. The first kappa shape index (κ1) is 14.9. The average molecular weight is 278 g/mol. The van der Waals surface area contributed by atoms with Crippen molar-refractivity contribution in [1.29, 1.82) is 0 Å². The summed E-state index contributed by atoms with van der Waals surface area (Å²) in [4.78, 5) is 11.4. The summed E-state index contributed by atoms with van der Waals surface area (Å²) in [7, 11) is 0. The number of ether oxygens (including phenoxy) is 2. The highest BCUT2D eigenvalue weighted by atomic mass is 16.6. The Labute approximate surface area is 119 Å². The summed E-state index contributed by atoms with van der Waals surface area (Å²) in [5.74, 6) is 0.834. The zero-order chi connectivity index (χ0) is 14.4. The van der Waals surface area contributed by atoms with Crippen molar-refractivity contribution in [3.63, 3.8) is 0 Å². The lowest BCUT2D eigenvalue weighted by molar-refractivity contribution is -0.145. The SMILES string of the molecule is CCOC(=O)COc1cccc2c1CCCC2CCO. The van der Waals surface area contributed by atoms with Crippen LogP contribution >= 0.6 is 0 Å². The van der Waals surface area contributed by atoms with Gasteiger partial charge in [-0.25, -0.2) is 4.79 Å². The summed E-state index contributed by atoms with van der Waals surface area (Å²) in [6.07, 6.45) is 3.96. The molecule has 1 N–H and O–H groups in total. The highest BCUT2D eigenvalue weighted by Crippen LogP contribution is 2.38. The average Bonchev–Trinajstić information content (AvgIpc) is 2.46. The molecule has 1 aliphatic rings. The molecule has 0 saturated heterocycles. The van der Waals surface area contributed by atoms with E-state index in [0.717, 1.165) is 31.4 Å². The highest BCUT2D eigenvalue weighted by Gasteiger charge is 2.22. The lowest BCUT2D eigenvalue weighted by atomic mass is 9.81. The number of carbonyl (C=O) groups excluding carboxylic acids is 1. The second-order valence-electron chi connectivity index (χ2n) is 5.02. The molecular weight excluding hydrogens is 256 g/mol. The van der Waals surface area contributed by atoms with Gasteiger partial charge in [-0.2, -0.15) is 0 Å². The number of aliphatic hydroxyl groups is 1. The summed E-state index contributed by atoms with van der Waals surface area (Å²) < 4.78 is 10.5. The van der Waals surface area contributed by atoms with E-state index in [4.69, 9.17) is 14.6 Å². The van der Waals surface area contributed by atoms with Gasteiger partial charge in [-0.3, -0.25) is 0 Å². The summed E-state index contributed by atoms with van der Waals surface area (Å²) in [5.41, 5.74) is 2.44. The van der Waals surface area contributed by atoms with Gasteiger partial charge >= 0.3 is 5.97 Å². The normalized spacial score (nSPS) is 17.4. The van der Waals surface area contributed by atoms with Crippen LogP contribution in [0.25, 0.3) is 0 Å². The second kappa shape index (κ2) is 7.29. The molecule has 2 rings (SSSR count). The van der Waals surface area contributed by atoms with Crippen LogP contribution in [-0.4, -0.2) is 30.9 Å². The first-order valence-electron chi connectivity index (χ1n) is 7.27. The van der Waals surface area contributed by atoms with E-state index in [9.17, 15) is 4.79 Å². The summed E-state index contributed by atoms with van der Waals surface area (Å²) in [5, 5.41) is 9.16. The van der Waals surface area contributed by atoms with Crippen molar-refractivity contribution in [1.82, 2.24) is 0 Å². The molecule has 0 heterocycles. The predicted octanol–water partition coefficient (Wildman–Crippen LogP) is 2.43. The van der Waals surface area contributed by atoms with E-state index in [-0.39, 0.29) is 19.2 Å². The van der Waals surface area contributed by atoms with Gasteiger partial charge in [0.15, 0.2) is 6.61 Å². The van der Waals surface area contributed by atoms with Crippen LogP contribution in [0.15, 0.2) is 18.2 Å². The van der Waals surface area contributed by atoms with Crippen LogP contribution in [0.3, 0.4) is 0 Å². The van der Waals surface area contributed by atoms with Crippen molar-refractivity contribution in [3.05, 3.63) is 29.3 Å². The maximum Gasteiger partial charge on any atom is 0.344 e. The second-order valence-corrected chi connectivity index (χ2v) is 5.02. The molecule has 1 unspecified atom stereocenters. The predicted molar refractivity (Wildman–Crippen MR) is 76.0 cm³/mol. The van der Waals surface area contributed by atoms with E-state index in [2.05, 4.69) is 6.07 Å². The maximum atomic E-state index is 11.4. The molecule has 0 fully saturated rings. The summed E-state index contributed by atoms with van der Waals surface area (Å²) in [6, 6.07) is 5.96. The standard InChI is InChI=1S/C16H22O4/c1-2-19-16(18)11-20-15-8-4-6-13-12(9-10-17)5-3-7-14(13)15/h4,6,8,12,17H,2-3,5,7,9-11H2,1H3. The molecular formula is C16H22O4. The Morgan fingerprint density at radius 2 is 2.30 bits per heavy atom. The Morgan fingerprint density at radius 1 is 1.45 bits per heavy atom. The Balaban J connectivity index is 2.11. The van der Waals surface area contributed by atoms with Crippen LogP contribution in [0.1, 0.15) is 43.2 Å². The molecule has 0 aliphatic heterocycles. The first-order chi connectivity index (χ1) is 9.76. The Hall–Kier alpha value is -1.55. The molecule has 110 valence electrons. The van der Waals surface area contributed by atoms with Gasteiger partial charge in [0.05, 0.1) is 6.61 Å². The van der Waals surface area contributed by atoms with E-state index in [1.807, 2.05) is 12.1 Å². The van der Waals surface area contributed by atoms with Gasteiger partial charge in [0, 0.05) is 6.61 Å². The molecule has 1 aliphatic carbocycles. The van der Waals surface area contributed by atoms with Gasteiger partial charge in [-0.1, -0.05) is 12.1 Å². The fourth-order valence-electron chi connectivity index (χ4n) is 2.84. The van der Waals surface area contributed by atoms with Crippen LogP contribution in [0.4, 0.5) is 0 Å². The minimum absolute atomic E-state index is 0.0467. The number of benzene rings is 1. The third kappa shape index (κ3) is 3.51. The van der Waals surface area contributed by atoms with Gasteiger partial charge in [-0.15, -0.1) is 0 Å². The van der Waals surface area contributed by atoms with Crippen LogP contribution in [0.2, 0.25) is 0 Å². The zero-order valence-corrected chi connectivity index (χ0v) is 11.9. The summed E-state index contributed by atoms with van der Waals surface area (Å²) >= 11 is 0. The lowest BCUT2D eigenvalue weighted by Crippen LogP contribution is -2.17. The molecule has 0 amide bonds. The van der Waals surface area contributed by atoms with E-state index in [1.54, 1.807) is 6.92 Å². The number of hydrogen-bond acceptors (Lipinski definition) is 4. The van der Waals surface area contributed by atoms with Crippen LogP contribution < -0.4 is 4.74 Å². The monoisotopic (exact) mass is 278 g/mol. The van der Waals surface area contributed by atoms with Gasteiger partial charge in [0.25, 0.3) is 0 Å². The number of aliphatic hydroxyl groups excluding tert-OH is 1. The van der Waals surface area contributed by atoms with Gasteiger partial charge in [-0.05, 0) is 55.7 Å². The Morgan fingerprint density at radius 3 is 3.05 bits per heavy atom. The van der Waals surface area contributed by atoms with Crippen molar-refractivity contribution in [3.8, 4) is 5.75 Å². The van der Waals surface area contributed by atoms with E-state index < -0.39 is 0 Å². The van der Waals surface area contributed by atoms with Crippen molar-refractivity contribution in [2.24, 2.45) is 0 Å². The third-order valence-electron chi connectivity index (χ3n) is 3.72. The molecule has 4 nitrogen and oxygen atoms in total. The molecule has 4 heteroatoms. The quantitative estimate of drug-likeness (QED) is 0.812. The molecule has 1 aromatic rings. The van der Waals surface area contributed by atoms with Gasteiger partial charge < -0.3 is 14.6 Å². The minimum Gasteiger partial charge on any atom is -0.482 e. The molecule has 0 radical (unpaired) electrons. The first-order valence-corrected chi connectivity index (χ1v) is 7.27. The smallest absolute Gasteiger partial charge is 0.344 e. The number of carbonyl (C=O) groups is 1. The minimum atomic E-state index is -0.340. The number of hydrogen-bond donors (Lipinski definition) is 1. The van der Waals surface area contributed by atoms with Gasteiger partial charge in [0.1, 0.15) is 5.75 Å². The van der Waals surface area contributed by atoms with Gasteiger partial charge in [0.2, 0.25) is 0 Å². The fraction of sp³-hybridized carbons (Fsp3) is 0.562. The number of rotatable bonds is 6. The van der Waals surface area contributed by atoms with Crippen LogP contribution in [0, 0.1) is 0 Å². The van der Waals surface area contributed by atoms with E-state index in [0.29, 0.717) is 12.5 Å². The fourth-order valence-corrected chi connectivity index (χ4v) is 2.84. The van der Waals surface area contributed by atoms with E-state index >= 15 is 0 Å². The summed E-state index contributed by atoms with van der Waals surface area (Å²) in [6.45, 7) is 2.31. The maximum absolute atomic E-state index is 11.4.